The van der Waals surface area contributed by atoms with Crippen LogP contribution in [0, 0.1) is 0 Å². The molecule has 6 heteroatoms. The lowest BCUT2D eigenvalue weighted by Gasteiger charge is -2.19. The molecule has 0 aromatic heterocycles. The van der Waals surface area contributed by atoms with E-state index in [1.54, 1.807) is 14.2 Å². The van der Waals surface area contributed by atoms with Crippen LogP contribution in [0.15, 0.2) is 0 Å². The van der Waals surface area contributed by atoms with E-state index < -0.39 is 0 Å². The third-order valence-corrected chi connectivity index (χ3v) is 2.47. The Bertz CT molecular complexity index is 259. The maximum absolute atomic E-state index is 11.8. The zero-order chi connectivity index (χ0) is 14.0. The standard InChI is InChI=1S/C12H25N3O3/c1-5-13-10(2)8-12(17)15(3)9-11(16)14-6-7-18-4/h10,13H,5-9H2,1-4H3,(H,14,16). The Balaban J connectivity index is 3.88. The molecular weight excluding hydrogens is 234 g/mol. The molecule has 0 aliphatic carbocycles. The number of carbonyl (C=O) groups excluding carboxylic acids is 2. The number of likely N-dealkylation sites (N-methyl/N-ethyl adjacent to an activating group) is 1. The van der Waals surface area contributed by atoms with Crippen molar-refractivity contribution in [1.82, 2.24) is 15.5 Å². The van der Waals surface area contributed by atoms with Gasteiger partial charge in [-0.3, -0.25) is 9.59 Å². The lowest BCUT2D eigenvalue weighted by Crippen LogP contribution is -2.41. The number of rotatable bonds is 9. The minimum atomic E-state index is -0.168. The molecule has 0 aromatic rings. The molecule has 0 aliphatic rings. The van der Waals surface area contributed by atoms with Gasteiger partial charge in [0.15, 0.2) is 0 Å². The number of carbonyl (C=O) groups is 2. The van der Waals surface area contributed by atoms with Gasteiger partial charge in [-0.1, -0.05) is 6.92 Å². The highest BCUT2D eigenvalue weighted by molar-refractivity contribution is 5.84. The van der Waals surface area contributed by atoms with Crippen LogP contribution in [0.2, 0.25) is 0 Å². The van der Waals surface area contributed by atoms with Crippen LogP contribution in [0.5, 0.6) is 0 Å². The molecule has 0 aliphatic heterocycles. The van der Waals surface area contributed by atoms with Gasteiger partial charge in [0.2, 0.25) is 11.8 Å². The first-order valence-corrected chi connectivity index (χ1v) is 6.24. The quantitative estimate of drug-likeness (QED) is 0.553. The van der Waals surface area contributed by atoms with Crippen LogP contribution in [-0.2, 0) is 14.3 Å². The Morgan fingerprint density at radius 3 is 2.61 bits per heavy atom. The molecule has 0 heterocycles. The van der Waals surface area contributed by atoms with Crippen molar-refractivity contribution in [3.05, 3.63) is 0 Å². The van der Waals surface area contributed by atoms with Crippen LogP contribution < -0.4 is 10.6 Å². The van der Waals surface area contributed by atoms with Gasteiger partial charge in [0.1, 0.15) is 0 Å². The van der Waals surface area contributed by atoms with Gasteiger partial charge in [0.25, 0.3) is 0 Å². The van der Waals surface area contributed by atoms with E-state index in [0.29, 0.717) is 19.6 Å². The molecule has 0 radical (unpaired) electrons. The fraction of sp³-hybridized carbons (Fsp3) is 0.833. The van der Waals surface area contributed by atoms with E-state index in [9.17, 15) is 9.59 Å². The predicted molar refractivity (Wildman–Crippen MR) is 70.3 cm³/mol. The predicted octanol–water partition coefficient (Wildman–Crippen LogP) is -0.404. The van der Waals surface area contributed by atoms with Crippen molar-refractivity contribution in [2.75, 3.05) is 40.4 Å². The highest BCUT2D eigenvalue weighted by atomic mass is 16.5. The molecule has 0 spiro atoms. The van der Waals surface area contributed by atoms with Crippen LogP contribution in [0.4, 0.5) is 0 Å². The van der Waals surface area contributed by atoms with Crippen molar-refractivity contribution in [2.24, 2.45) is 0 Å². The molecule has 1 unspecified atom stereocenters. The van der Waals surface area contributed by atoms with E-state index in [2.05, 4.69) is 10.6 Å². The van der Waals surface area contributed by atoms with E-state index in [1.165, 1.54) is 4.90 Å². The summed E-state index contributed by atoms with van der Waals surface area (Å²) in [6.07, 6.45) is 0.399. The van der Waals surface area contributed by atoms with Crippen LogP contribution in [-0.4, -0.2) is 63.2 Å². The molecule has 0 rings (SSSR count). The summed E-state index contributed by atoms with van der Waals surface area (Å²) in [7, 11) is 3.21. The van der Waals surface area contributed by atoms with Crippen molar-refractivity contribution in [3.63, 3.8) is 0 Å². The summed E-state index contributed by atoms with van der Waals surface area (Å²) in [4.78, 5) is 24.7. The molecule has 0 saturated carbocycles. The second-order valence-electron chi connectivity index (χ2n) is 4.26. The van der Waals surface area contributed by atoms with Crippen molar-refractivity contribution in [2.45, 2.75) is 26.3 Å². The lowest BCUT2D eigenvalue weighted by molar-refractivity contribution is -0.135. The highest BCUT2D eigenvalue weighted by Gasteiger charge is 2.15. The maximum atomic E-state index is 11.8. The molecule has 2 amide bonds. The number of nitrogens with one attached hydrogen (secondary N) is 2. The minimum absolute atomic E-state index is 0.0367. The van der Waals surface area contributed by atoms with Gasteiger partial charge < -0.3 is 20.3 Å². The van der Waals surface area contributed by atoms with Crippen LogP contribution in [0.3, 0.4) is 0 Å². The minimum Gasteiger partial charge on any atom is -0.383 e. The fourth-order valence-corrected chi connectivity index (χ4v) is 1.49. The van der Waals surface area contributed by atoms with Gasteiger partial charge in [-0.05, 0) is 13.5 Å². The van der Waals surface area contributed by atoms with Crippen LogP contribution >= 0.6 is 0 Å². The first kappa shape index (κ1) is 16.9. The summed E-state index contributed by atoms with van der Waals surface area (Å²) in [6.45, 7) is 5.80. The van der Waals surface area contributed by atoms with Gasteiger partial charge in [-0.15, -0.1) is 0 Å². The average molecular weight is 259 g/mol. The second-order valence-corrected chi connectivity index (χ2v) is 4.26. The Kier molecular flexibility index (Phi) is 9.22. The number of hydrogen-bond acceptors (Lipinski definition) is 4. The van der Waals surface area contributed by atoms with E-state index in [4.69, 9.17) is 4.74 Å². The Hall–Kier alpha value is -1.14. The van der Waals surface area contributed by atoms with Gasteiger partial charge in [0, 0.05) is 33.2 Å². The summed E-state index contributed by atoms with van der Waals surface area (Å²) < 4.78 is 4.82. The first-order valence-electron chi connectivity index (χ1n) is 6.24. The number of methoxy groups -OCH3 is 1. The first-order chi connectivity index (χ1) is 8.51. The fourth-order valence-electron chi connectivity index (χ4n) is 1.49. The van der Waals surface area contributed by atoms with E-state index in [-0.39, 0.29) is 24.4 Å². The molecule has 0 fully saturated rings. The number of amides is 2. The molecule has 0 saturated heterocycles. The Labute approximate surface area is 109 Å². The highest BCUT2D eigenvalue weighted by Crippen LogP contribution is 1.96. The molecule has 6 nitrogen and oxygen atoms in total. The van der Waals surface area contributed by atoms with Crippen molar-refractivity contribution in [3.8, 4) is 0 Å². The number of nitrogens with zero attached hydrogens (tertiary/aromatic N) is 1. The normalized spacial score (nSPS) is 12.0. The van der Waals surface area contributed by atoms with Crippen LogP contribution in [0.1, 0.15) is 20.3 Å². The largest absolute Gasteiger partial charge is 0.383 e. The van der Waals surface area contributed by atoms with Crippen molar-refractivity contribution >= 4 is 11.8 Å². The average Bonchev–Trinajstić information content (AvgIpc) is 2.29. The Morgan fingerprint density at radius 2 is 2.06 bits per heavy atom. The van der Waals surface area contributed by atoms with E-state index >= 15 is 0 Å². The molecule has 2 N–H and O–H groups in total. The van der Waals surface area contributed by atoms with Gasteiger partial charge >= 0.3 is 0 Å². The molecule has 0 bridgehead atoms. The topological polar surface area (TPSA) is 70.7 Å². The second kappa shape index (κ2) is 9.85. The van der Waals surface area contributed by atoms with E-state index in [0.717, 1.165) is 6.54 Å². The smallest absolute Gasteiger partial charge is 0.239 e. The monoisotopic (exact) mass is 259 g/mol. The van der Waals surface area contributed by atoms with Gasteiger partial charge in [-0.25, -0.2) is 0 Å². The lowest BCUT2D eigenvalue weighted by atomic mass is 10.2. The maximum Gasteiger partial charge on any atom is 0.239 e. The summed E-state index contributed by atoms with van der Waals surface area (Å²) in [5.74, 6) is -0.204. The molecule has 18 heavy (non-hydrogen) atoms. The third-order valence-electron chi connectivity index (χ3n) is 2.47. The zero-order valence-corrected chi connectivity index (χ0v) is 11.8. The summed E-state index contributed by atoms with van der Waals surface area (Å²) in [5.41, 5.74) is 0. The molecule has 1 atom stereocenters. The zero-order valence-electron chi connectivity index (χ0n) is 11.8. The molecular formula is C12H25N3O3. The molecule has 0 aromatic carbocycles. The van der Waals surface area contributed by atoms with E-state index in [1.807, 2.05) is 13.8 Å². The number of ether oxygens (including phenoxy) is 1. The van der Waals surface area contributed by atoms with Gasteiger partial charge in [-0.2, -0.15) is 0 Å². The Morgan fingerprint density at radius 1 is 1.39 bits per heavy atom. The van der Waals surface area contributed by atoms with Crippen molar-refractivity contribution in [1.29, 1.82) is 0 Å². The SMILES string of the molecule is CCNC(C)CC(=O)N(C)CC(=O)NCCOC. The summed E-state index contributed by atoms with van der Waals surface area (Å²) >= 11 is 0. The van der Waals surface area contributed by atoms with Crippen molar-refractivity contribution < 1.29 is 14.3 Å². The number of hydrogen-bond donors (Lipinski definition) is 2. The summed E-state index contributed by atoms with van der Waals surface area (Å²) in [6, 6.07) is 0.126. The third kappa shape index (κ3) is 8.03. The summed E-state index contributed by atoms with van der Waals surface area (Å²) in [5, 5.41) is 5.84. The van der Waals surface area contributed by atoms with Crippen LogP contribution in [0.25, 0.3) is 0 Å². The molecule has 106 valence electrons. The van der Waals surface area contributed by atoms with Gasteiger partial charge in [0.05, 0.1) is 13.2 Å².